The molecular weight excluding hydrogens is 323 g/mol. The Morgan fingerprint density at radius 2 is 1.91 bits per heavy atom. The molecule has 0 unspecified atom stereocenters. The van der Waals surface area contributed by atoms with E-state index in [1.54, 1.807) is 30.5 Å². The third-order valence-corrected chi connectivity index (χ3v) is 4.18. The first kappa shape index (κ1) is 15.1. The number of hydrogen-bond donors (Lipinski definition) is 1. The fourth-order valence-electron chi connectivity index (χ4n) is 2.32. The molecule has 0 atom stereocenters. The lowest BCUT2D eigenvalue weighted by Gasteiger charge is -2.14. The van der Waals surface area contributed by atoms with Gasteiger partial charge in [0, 0.05) is 25.0 Å². The first-order valence-corrected chi connectivity index (χ1v) is 7.73. The maximum atomic E-state index is 12.3. The van der Waals surface area contributed by atoms with E-state index >= 15 is 0 Å². The number of carbonyl (C=O) groups is 1. The molecule has 0 spiro atoms. The van der Waals surface area contributed by atoms with Crippen LogP contribution in [-0.2, 0) is 0 Å². The van der Waals surface area contributed by atoms with Crippen LogP contribution in [0.4, 0.5) is 11.6 Å². The SMILES string of the molecule is O=C(c1ccnc(Nc2ccc(Cl)c(Cl)c2)n1)N1CCCC1. The molecule has 114 valence electrons. The van der Waals surface area contributed by atoms with Gasteiger partial charge in [-0.05, 0) is 37.1 Å². The van der Waals surface area contributed by atoms with Crippen molar-refractivity contribution in [2.24, 2.45) is 0 Å². The van der Waals surface area contributed by atoms with Crippen LogP contribution in [0.15, 0.2) is 30.5 Å². The van der Waals surface area contributed by atoms with Crippen molar-refractivity contribution in [2.45, 2.75) is 12.8 Å². The van der Waals surface area contributed by atoms with Gasteiger partial charge in [0.05, 0.1) is 10.0 Å². The molecule has 7 heteroatoms. The number of nitrogens with zero attached hydrogens (tertiary/aromatic N) is 3. The summed E-state index contributed by atoms with van der Waals surface area (Å²) in [4.78, 5) is 22.5. The van der Waals surface area contributed by atoms with Crippen LogP contribution in [-0.4, -0.2) is 33.9 Å². The Balaban J connectivity index is 1.78. The third-order valence-electron chi connectivity index (χ3n) is 3.44. The van der Waals surface area contributed by atoms with Gasteiger partial charge in [0.1, 0.15) is 5.69 Å². The van der Waals surface area contributed by atoms with Gasteiger partial charge in [-0.15, -0.1) is 0 Å². The zero-order valence-electron chi connectivity index (χ0n) is 11.7. The maximum Gasteiger partial charge on any atom is 0.272 e. The Morgan fingerprint density at radius 1 is 1.14 bits per heavy atom. The number of hydrogen-bond acceptors (Lipinski definition) is 4. The minimum Gasteiger partial charge on any atom is -0.337 e. The Kier molecular flexibility index (Phi) is 4.45. The van der Waals surface area contributed by atoms with Crippen molar-refractivity contribution in [3.8, 4) is 0 Å². The lowest BCUT2D eigenvalue weighted by atomic mass is 10.3. The minimum absolute atomic E-state index is 0.0583. The van der Waals surface area contributed by atoms with Gasteiger partial charge < -0.3 is 10.2 Å². The molecule has 2 aromatic rings. The topological polar surface area (TPSA) is 58.1 Å². The molecule has 2 heterocycles. The second kappa shape index (κ2) is 6.50. The highest BCUT2D eigenvalue weighted by molar-refractivity contribution is 6.42. The third kappa shape index (κ3) is 3.31. The second-order valence-corrected chi connectivity index (χ2v) is 5.83. The molecule has 1 aliphatic rings. The highest BCUT2D eigenvalue weighted by Gasteiger charge is 2.20. The van der Waals surface area contributed by atoms with Gasteiger partial charge in [-0.3, -0.25) is 4.79 Å². The van der Waals surface area contributed by atoms with E-state index in [1.807, 2.05) is 4.90 Å². The Morgan fingerprint density at radius 3 is 2.64 bits per heavy atom. The molecule has 1 aromatic heterocycles. The van der Waals surface area contributed by atoms with E-state index in [1.165, 1.54) is 0 Å². The summed E-state index contributed by atoms with van der Waals surface area (Å²) in [7, 11) is 0. The van der Waals surface area contributed by atoms with Gasteiger partial charge in [0.25, 0.3) is 5.91 Å². The lowest BCUT2D eigenvalue weighted by molar-refractivity contribution is 0.0787. The normalized spacial score (nSPS) is 14.2. The standard InChI is InChI=1S/C15H14Cl2N4O/c16-11-4-3-10(9-12(11)17)19-15-18-6-5-13(20-15)14(22)21-7-1-2-8-21/h3-6,9H,1-2,7-8H2,(H,18,19,20). The van der Waals surface area contributed by atoms with Crippen LogP contribution in [0.25, 0.3) is 0 Å². The Labute approximate surface area is 138 Å². The second-order valence-electron chi connectivity index (χ2n) is 5.02. The number of benzene rings is 1. The van der Waals surface area contributed by atoms with E-state index in [4.69, 9.17) is 23.2 Å². The monoisotopic (exact) mass is 336 g/mol. The van der Waals surface area contributed by atoms with Gasteiger partial charge in [0.15, 0.2) is 0 Å². The molecule has 5 nitrogen and oxygen atoms in total. The Bertz CT molecular complexity index is 702. The number of carbonyl (C=O) groups excluding carboxylic acids is 1. The van der Waals surface area contributed by atoms with Crippen molar-refractivity contribution in [1.29, 1.82) is 0 Å². The summed E-state index contributed by atoms with van der Waals surface area (Å²) in [6.07, 6.45) is 3.66. The number of aromatic nitrogens is 2. The molecule has 1 N–H and O–H groups in total. The average Bonchev–Trinajstić information content (AvgIpc) is 3.05. The van der Waals surface area contributed by atoms with Gasteiger partial charge in [-0.25, -0.2) is 9.97 Å². The summed E-state index contributed by atoms with van der Waals surface area (Å²) in [5, 5.41) is 3.94. The minimum atomic E-state index is -0.0583. The smallest absolute Gasteiger partial charge is 0.272 e. The zero-order valence-corrected chi connectivity index (χ0v) is 13.2. The number of likely N-dealkylation sites (tertiary alicyclic amines) is 1. The van der Waals surface area contributed by atoms with E-state index in [0.717, 1.165) is 25.9 Å². The first-order valence-electron chi connectivity index (χ1n) is 6.98. The van der Waals surface area contributed by atoms with E-state index in [9.17, 15) is 4.79 Å². The van der Waals surface area contributed by atoms with Crippen LogP contribution in [0.1, 0.15) is 23.3 Å². The maximum absolute atomic E-state index is 12.3. The predicted octanol–water partition coefficient (Wildman–Crippen LogP) is 3.76. The summed E-state index contributed by atoms with van der Waals surface area (Å²) in [6, 6.07) is 6.76. The fourth-order valence-corrected chi connectivity index (χ4v) is 2.62. The molecule has 1 aromatic carbocycles. The number of halogens is 2. The molecule has 1 fully saturated rings. The molecule has 22 heavy (non-hydrogen) atoms. The number of anilines is 2. The van der Waals surface area contributed by atoms with Crippen molar-refractivity contribution in [2.75, 3.05) is 18.4 Å². The highest BCUT2D eigenvalue weighted by atomic mass is 35.5. The highest BCUT2D eigenvalue weighted by Crippen LogP contribution is 2.26. The van der Waals surface area contributed by atoms with Gasteiger partial charge in [0.2, 0.25) is 5.95 Å². The summed E-state index contributed by atoms with van der Waals surface area (Å²) in [6.45, 7) is 1.58. The van der Waals surface area contributed by atoms with Gasteiger partial charge in [-0.2, -0.15) is 0 Å². The lowest BCUT2D eigenvalue weighted by Crippen LogP contribution is -2.28. The van der Waals surface area contributed by atoms with Crippen LogP contribution >= 0.6 is 23.2 Å². The summed E-state index contributed by atoms with van der Waals surface area (Å²) >= 11 is 11.9. The van der Waals surface area contributed by atoms with Crippen LogP contribution in [0.5, 0.6) is 0 Å². The zero-order chi connectivity index (χ0) is 15.5. The number of amides is 1. The molecule has 0 radical (unpaired) electrons. The quantitative estimate of drug-likeness (QED) is 0.926. The average molecular weight is 337 g/mol. The molecule has 0 aliphatic carbocycles. The first-order chi connectivity index (χ1) is 10.6. The van der Waals surface area contributed by atoms with E-state index in [0.29, 0.717) is 27.4 Å². The van der Waals surface area contributed by atoms with Crippen molar-refractivity contribution in [1.82, 2.24) is 14.9 Å². The molecule has 3 rings (SSSR count). The van der Waals surface area contributed by atoms with Crippen molar-refractivity contribution in [3.05, 3.63) is 46.2 Å². The van der Waals surface area contributed by atoms with Crippen molar-refractivity contribution in [3.63, 3.8) is 0 Å². The number of nitrogens with one attached hydrogen (secondary N) is 1. The van der Waals surface area contributed by atoms with Crippen LogP contribution in [0, 0.1) is 0 Å². The van der Waals surface area contributed by atoms with Crippen LogP contribution < -0.4 is 5.32 Å². The molecule has 1 amide bonds. The van der Waals surface area contributed by atoms with Crippen LogP contribution in [0.3, 0.4) is 0 Å². The fraction of sp³-hybridized carbons (Fsp3) is 0.267. The van der Waals surface area contributed by atoms with E-state index in [-0.39, 0.29) is 5.91 Å². The molecule has 0 bridgehead atoms. The van der Waals surface area contributed by atoms with Crippen LogP contribution in [0.2, 0.25) is 10.0 Å². The predicted molar refractivity (Wildman–Crippen MR) is 86.9 cm³/mol. The van der Waals surface area contributed by atoms with Gasteiger partial charge in [-0.1, -0.05) is 23.2 Å². The molecule has 0 saturated carbocycles. The largest absolute Gasteiger partial charge is 0.337 e. The summed E-state index contributed by atoms with van der Waals surface area (Å²) < 4.78 is 0. The summed E-state index contributed by atoms with van der Waals surface area (Å²) in [5.41, 5.74) is 1.10. The summed E-state index contributed by atoms with van der Waals surface area (Å²) in [5.74, 6) is 0.292. The van der Waals surface area contributed by atoms with E-state index < -0.39 is 0 Å². The van der Waals surface area contributed by atoms with E-state index in [2.05, 4.69) is 15.3 Å². The van der Waals surface area contributed by atoms with Crippen molar-refractivity contribution >= 4 is 40.7 Å². The number of rotatable bonds is 3. The molecule has 1 aliphatic heterocycles. The Hall–Kier alpha value is -1.85. The van der Waals surface area contributed by atoms with Gasteiger partial charge >= 0.3 is 0 Å². The van der Waals surface area contributed by atoms with Crippen molar-refractivity contribution < 1.29 is 4.79 Å². The molecule has 1 saturated heterocycles. The molecular formula is C15H14Cl2N4O.